The van der Waals surface area contributed by atoms with Crippen LogP contribution in [0.3, 0.4) is 0 Å². The lowest BCUT2D eigenvalue weighted by Crippen LogP contribution is -2.40. The van der Waals surface area contributed by atoms with Crippen molar-refractivity contribution >= 4 is 20.3 Å². The molecule has 0 fully saturated rings. The molecule has 0 aromatic heterocycles. The SMILES string of the molecule is COc1cccc(C=O)c1OC(=O)C[Si](C)(C)C(C)(C)C. The van der Waals surface area contributed by atoms with Gasteiger partial charge >= 0.3 is 5.97 Å². The van der Waals surface area contributed by atoms with Gasteiger partial charge in [-0.2, -0.15) is 0 Å². The number of hydrogen-bond donors (Lipinski definition) is 0. The van der Waals surface area contributed by atoms with E-state index in [0.29, 0.717) is 23.6 Å². The van der Waals surface area contributed by atoms with Crippen LogP contribution in [0.4, 0.5) is 0 Å². The van der Waals surface area contributed by atoms with Crippen LogP contribution >= 0.6 is 0 Å². The number of rotatable bonds is 5. The summed E-state index contributed by atoms with van der Waals surface area (Å²) in [5, 5.41) is 0.0975. The lowest BCUT2D eigenvalue weighted by molar-refractivity contribution is -0.132. The minimum Gasteiger partial charge on any atom is -0.493 e. The molecule has 0 amide bonds. The standard InChI is InChI=1S/C16H24O4Si/c1-16(2,3)21(5,6)11-14(18)20-15-12(10-17)8-7-9-13(15)19-4/h7-10H,11H2,1-6H3. The molecule has 0 radical (unpaired) electrons. The predicted molar refractivity (Wildman–Crippen MR) is 86.0 cm³/mol. The van der Waals surface area contributed by atoms with E-state index in [1.165, 1.54) is 7.11 Å². The Morgan fingerprint density at radius 2 is 1.90 bits per heavy atom. The Bertz CT molecular complexity index is 530. The van der Waals surface area contributed by atoms with Crippen LogP contribution in [0.25, 0.3) is 0 Å². The Labute approximate surface area is 127 Å². The normalized spacial score (nSPS) is 11.9. The Hall–Kier alpha value is -1.62. The van der Waals surface area contributed by atoms with Crippen LogP contribution in [0.2, 0.25) is 24.2 Å². The van der Waals surface area contributed by atoms with Gasteiger partial charge in [-0.05, 0) is 17.2 Å². The maximum absolute atomic E-state index is 12.3. The number of hydrogen-bond acceptors (Lipinski definition) is 4. The van der Waals surface area contributed by atoms with Crippen LogP contribution in [-0.2, 0) is 4.79 Å². The van der Waals surface area contributed by atoms with Gasteiger partial charge in [0.1, 0.15) is 0 Å². The van der Waals surface area contributed by atoms with E-state index < -0.39 is 8.07 Å². The first-order valence-electron chi connectivity index (χ1n) is 6.95. The molecule has 4 nitrogen and oxygen atoms in total. The largest absolute Gasteiger partial charge is 0.493 e. The lowest BCUT2D eigenvalue weighted by atomic mass is 10.2. The van der Waals surface area contributed by atoms with E-state index in [0.717, 1.165) is 0 Å². The van der Waals surface area contributed by atoms with Crippen LogP contribution in [0.5, 0.6) is 11.5 Å². The summed E-state index contributed by atoms with van der Waals surface area (Å²) in [7, 11) is -0.299. The van der Waals surface area contributed by atoms with Gasteiger partial charge in [0.05, 0.1) is 20.7 Å². The first kappa shape index (κ1) is 17.4. The average molecular weight is 308 g/mol. The maximum Gasteiger partial charge on any atom is 0.308 e. The van der Waals surface area contributed by atoms with Crippen molar-refractivity contribution in [2.45, 2.75) is 44.9 Å². The summed E-state index contributed by atoms with van der Waals surface area (Å²) in [5.41, 5.74) is 0.318. The summed E-state index contributed by atoms with van der Waals surface area (Å²) in [5.74, 6) is 0.288. The van der Waals surface area contributed by atoms with Crippen molar-refractivity contribution in [1.29, 1.82) is 0 Å². The number of carbonyl (C=O) groups is 2. The molecule has 0 saturated carbocycles. The highest BCUT2D eigenvalue weighted by Crippen LogP contribution is 2.39. The quantitative estimate of drug-likeness (QED) is 0.358. The molecule has 0 aliphatic rings. The number of para-hydroxylation sites is 1. The van der Waals surface area contributed by atoms with E-state index in [4.69, 9.17) is 9.47 Å². The summed E-state index contributed by atoms with van der Waals surface area (Å²) in [6.45, 7) is 10.8. The van der Waals surface area contributed by atoms with Gasteiger partial charge in [0, 0.05) is 6.04 Å². The van der Waals surface area contributed by atoms with Crippen molar-refractivity contribution in [1.82, 2.24) is 0 Å². The van der Waals surface area contributed by atoms with Gasteiger partial charge < -0.3 is 9.47 Å². The highest BCUT2D eigenvalue weighted by molar-refractivity contribution is 6.82. The molecule has 0 spiro atoms. The van der Waals surface area contributed by atoms with E-state index >= 15 is 0 Å². The molecule has 0 saturated heterocycles. The summed E-state index contributed by atoms with van der Waals surface area (Å²) in [6, 6.07) is 5.35. The number of methoxy groups -OCH3 is 1. The second-order valence-corrected chi connectivity index (χ2v) is 12.4. The van der Waals surface area contributed by atoms with Gasteiger partial charge in [-0.1, -0.05) is 39.9 Å². The van der Waals surface area contributed by atoms with E-state index in [1.807, 2.05) is 0 Å². The van der Waals surface area contributed by atoms with Crippen molar-refractivity contribution in [3.05, 3.63) is 23.8 Å². The first-order valence-corrected chi connectivity index (χ1v) is 10.2. The molecule has 1 rings (SSSR count). The topological polar surface area (TPSA) is 52.6 Å². The fourth-order valence-electron chi connectivity index (χ4n) is 1.67. The fourth-order valence-corrected chi connectivity index (χ4v) is 3.00. The Morgan fingerprint density at radius 3 is 2.38 bits per heavy atom. The van der Waals surface area contributed by atoms with Crippen molar-refractivity contribution in [2.24, 2.45) is 0 Å². The minimum absolute atomic E-state index is 0.0975. The van der Waals surface area contributed by atoms with Crippen LogP contribution < -0.4 is 9.47 Å². The first-order chi connectivity index (χ1) is 9.62. The molecule has 0 N–H and O–H groups in total. The molecule has 0 bridgehead atoms. The Balaban J connectivity index is 2.97. The summed E-state index contributed by atoms with van der Waals surface area (Å²) < 4.78 is 10.6. The smallest absolute Gasteiger partial charge is 0.308 e. The van der Waals surface area contributed by atoms with Crippen LogP contribution in [0.15, 0.2) is 18.2 Å². The van der Waals surface area contributed by atoms with E-state index in [1.54, 1.807) is 18.2 Å². The molecule has 0 atom stereocenters. The molecule has 5 heteroatoms. The third-order valence-electron chi connectivity index (χ3n) is 4.19. The molecule has 1 aromatic rings. The number of carbonyl (C=O) groups excluding carboxylic acids is 2. The molecule has 0 aliphatic carbocycles. The third kappa shape index (κ3) is 4.17. The second-order valence-electron chi connectivity index (χ2n) is 6.78. The molecule has 1 aromatic carbocycles. The van der Waals surface area contributed by atoms with Gasteiger partial charge in [-0.3, -0.25) is 9.59 Å². The number of ether oxygens (including phenoxy) is 2. The van der Waals surface area contributed by atoms with Crippen LogP contribution in [-0.4, -0.2) is 27.4 Å². The highest BCUT2D eigenvalue weighted by atomic mass is 28.3. The van der Waals surface area contributed by atoms with E-state index in [2.05, 4.69) is 33.9 Å². The van der Waals surface area contributed by atoms with E-state index in [9.17, 15) is 9.59 Å². The summed E-state index contributed by atoms with van der Waals surface area (Å²) >= 11 is 0. The summed E-state index contributed by atoms with van der Waals surface area (Å²) in [6.07, 6.45) is 0.664. The average Bonchev–Trinajstić information content (AvgIpc) is 2.36. The molecule has 116 valence electrons. The zero-order chi connectivity index (χ0) is 16.3. The maximum atomic E-state index is 12.3. The minimum atomic E-state index is -1.78. The van der Waals surface area contributed by atoms with Crippen molar-refractivity contribution < 1.29 is 19.1 Å². The predicted octanol–water partition coefficient (Wildman–Crippen LogP) is 3.92. The van der Waals surface area contributed by atoms with Gasteiger partial charge in [0.2, 0.25) is 0 Å². The lowest BCUT2D eigenvalue weighted by Gasteiger charge is -2.36. The van der Waals surface area contributed by atoms with Crippen LogP contribution in [0, 0.1) is 0 Å². The van der Waals surface area contributed by atoms with Gasteiger partial charge in [0.25, 0.3) is 0 Å². The second kappa shape index (κ2) is 6.43. The monoisotopic (exact) mass is 308 g/mol. The highest BCUT2D eigenvalue weighted by Gasteiger charge is 2.37. The fraction of sp³-hybridized carbons (Fsp3) is 0.500. The van der Waals surface area contributed by atoms with Crippen LogP contribution in [0.1, 0.15) is 31.1 Å². The summed E-state index contributed by atoms with van der Waals surface area (Å²) in [4.78, 5) is 23.3. The molecular weight excluding hydrogens is 284 g/mol. The van der Waals surface area contributed by atoms with Gasteiger partial charge in [0.15, 0.2) is 17.8 Å². The molecular formula is C16H24O4Si. The molecule has 21 heavy (non-hydrogen) atoms. The Morgan fingerprint density at radius 1 is 1.29 bits per heavy atom. The zero-order valence-electron chi connectivity index (χ0n) is 13.6. The zero-order valence-corrected chi connectivity index (χ0v) is 14.6. The molecule has 0 unspecified atom stereocenters. The van der Waals surface area contributed by atoms with Gasteiger partial charge in [-0.15, -0.1) is 0 Å². The Kier molecular flexibility index (Phi) is 5.34. The molecule has 0 aliphatic heterocycles. The van der Waals surface area contributed by atoms with Crippen molar-refractivity contribution in [2.75, 3.05) is 7.11 Å². The number of aldehydes is 1. The third-order valence-corrected chi connectivity index (χ3v) is 9.42. The van der Waals surface area contributed by atoms with E-state index in [-0.39, 0.29) is 16.8 Å². The molecule has 0 heterocycles. The number of esters is 1. The van der Waals surface area contributed by atoms with Crippen molar-refractivity contribution in [3.63, 3.8) is 0 Å². The number of benzene rings is 1. The van der Waals surface area contributed by atoms with Gasteiger partial charge in [-0.25, -0.2) is 0 Å². The van der Waals surface area contributed by atoms with Crippen molar-refractivity contribution in [3.8, 4) is 11.5 Å².